The van der Waals surface area contributed by atoms with E-state index in [0.29, 0.717) is 5.57 Å². The number of carbonyl (C=O) groups excluding carboxylic acids is 3. The van der Waals surface area contributed by atoms with E-state index >= 15 is 0 Å². The number of hydrogen-bond acceptors (Lipinski definition) is 5. The van der Waals surface area contributed by atoms with Crippen LogP contribution >= 0.6 is 15.9 Å². The second-order valence-corrected chi connectivity index (χ2v) is 7.80. The maximum Gasteiger partial charge on any atom is 0.253 e. The molecule has 2 aliphatic rings. The lowest BCUT2D eigenvalue weighted by atomic mass is 10.0. The highest BCUT2D eigenvalue weighted by Gasteiger charge is 2.55. The lowest BCUT2D eigenvalue weighted by molar-refractivity contribution is -0.301. The van der Waals surface area contributed by atoms with Gasteiger partial charge in [-0.1, -0.05) is 46.3 Å². The number of amides is 2. The van der Waals surface area contributed by atoms with Crippen molar-refractivity contribution < 1.29 is 23.7 Å². The molecule has 2 heterocycles. The minimum absolute atomic E-state index is 0.0219. The van der Waals surface area contributed by atoms with Gasteiger partial charge in [-0.3, -0.25) is 18.7 Å². The van der Waals surface area contributed by atoms with E-state index in [0.717, 1.165) is 10.5 Å². The summed E-state index contributed by atoms with van der Waals surface area (Å²) >= 11 is 3.14. The third-order valence-electron chi connectivity index (χ3n) is 4.08. The first kappa shape index (κ1) is 17.8. The quantitative estimate of drug-likeness (QED) is 0.483. The van der Waals surface area contributed by atoms with Crippen LogP contribution in [0.2, 0.25) is 0 Å². The molecule has 0 spiro atoms. The van der Waals surface area contributed by atoms with Crippen molar-refractivity contribution in [3.63, 3.8) is 0 Å². The number of nitrogens with one attached hydrogen (secondary N) is 1. The summed E-state index contributed by atoms with van der Waals surface area (Å²) in [5.74, 6) is -2.43. The first-order valence-corrected chi connectivity index (χ1v) is 9.97. The molecular weight excluding hydrogens is 412 g/mol. The van der Waals surface area contributed by atoms with E-state index in [1.807, 2.05) is 6.07 Å². The molecule has 9 heteroatoms. The normalized spacial score (nSPS) is 25.2. The second-order valence-electron chi connectivity index (χ2n) is 5.70. The van der Waals surface area contributed by atoms with Crippen LogP contribution < -0.4 is 10.4 Å². The van der Waals surface area contributed by atoms with Gasteiger partial charge < -0.3 is 15.2 Å². The summed E-state index contributed by atoms with van der Waals surface area (Å²) in [5, 5.41) is 13.2. The maximum atomic E-state index is 12.4. The Morgan fingerprint density at radius 1 is 1.32 bits per heavy atom. The molecule has 2 aliphatic heterocycles. The van der Waals surface area contributed by atoms with Gasteiger partial charge >= 0.3 is 0 Å². The average molecular weight is 426 g/mol. The van der Waals surface area contributed by atoms with Crippen LogP contribution in [-0.2, 0) is 31.6 Å². The summed E-state index contributed by atoms with van der Waals surface area (Å²) in [6.07, 6.45) is 0.0831. The number of nitrogens with zero attached hydrogens (tertiary/aromatic N) is 1. The summed E-state index contributed by atoms with van der Waals surface area (Å²) in [6.45, 7) is 0. The summed E-state index contributed by atoms with van der Waals surface area (Å²) < 4.78 is 12.4. The summed E-state index contributed by atoms with van der Waals surface area (Å²) in [4.78, 5) is 36.8. The van der Waals surface area contributed by atoms with E-state index in [1.54, 1.807) is 24.3 Å². The zero-order valence-corrected chi connectivity index (χ0v) is 15.3. The number of benzene rings is 1. The van der Waals surface area contributed by atoms with Crippen molar-refractivity contribution in [2.45, 2.75) is 17.8 Å². The number of carbonyl (C=O) groups is 3. The van der Waals surface area contributed by atoms with E-state index < -0.39 is 34.1 Å². The molecule has 3 rings (SSSR count). The zero-order chi connectivity index (χ0) is 18.1. The number of halogens is 1. The van der Waals surface area contributed by atoms with E-state index in [1.165, 1.54) is 0 Å². The molecule has 0 radical (unpaired) electrons. The second kappa shape index (κ2) is 7.09. The van der Waals surface area contributed by atoms with Crippen molar-refractivity contribution in [2.75, 3.05) is 11.1 Å². The average Bonchev–Trinajstić information content (AvgIpc) is 2.59. The monoisotopic (exact) mass is 425 g/mol. The van der Waals surface area contributed by atoms with Crippen LogP contribution in [0.4, 0.5) is 0 Å². The Balaban J connectivity index is 1.75. The van der Waals surface area contributed by atoms with Crippen LogP contribution in [0.5, 0.6) is 0 Å². The Hall–Kier alpha value is -2.00. The number of aliphatic carboxylic acids is 1. The standard InChI is InChI=1S/C16H15BrN2O5S/c17-7-10-8-25(24)15-12(14(21)19(15)13(10)16(22)23)18-11(20)6-9-4-2-1-3-5-9/h1-5,12,15H,6-8H2,(H,18,20)(H,22,23)/p-1/t12-,15-,25?/m1/s1. The highest BCUT2D eigenvalue weighted by atomic mass is 79.9. The van der Waals surface area contributed by atoms with E-state index in [2.05, 4.69) is 21.2 Å². The minimum atomic E-state index is -1.50. The SMILES string of the molecule is O=C(Cc1ccccc1)N[C@@H]1C(=O)N2C(C(=O)[O-])=C(CBr)CS(=O)[C@H]12. The van der Waals surface area contributed by atoms with Gasteiger partial charge in [0, 0.05) is 11.1 Å². The molecule has 3 atom stereocenters. The summed E-state index contributed by atoms with van der Waals surface area (Å²) in [5.41, 5.74) is 0.877. The Morgan fingerprint density at radius 2 is 2.00 bits per heavy atom. The van der Waals surface area contributed by atoms with Gasteiger partial charge in [0.25, 0.3) is 5.91 Å². The van der Waals surface area contributed by atoms with Crippen LogP contribution in [0, 0.1) is 0 Å². The van der Waals surface area contributed by atoms with Crippen molar-refractivity contribution in [3.05, 3.63) is 47.2 Å². The molecule has 1 N–H and O–H groups in total. The Kier molecular flexibility index (Phi) is 5.05. The number of carboxylic acids is 1. The van der Waals surface area contributed by atoms with Crippen LogP contribution in [0.1, 0.15) is 5.56 Å². The van der Waals surface area contributed by atoms with E-state index in [-0.39, 0.29) is 29.1 Å². The molecule has 0 aliphatic carbocycles. The molecular formula is C16H14BrN2O5S-. The molecule has 0 aromatic heterocycles. The molecule has 132 valence electrons. The molecule has 0 bridgehead atoms. The molecule has 7 nitrogen and oxygen atoms in total. The first-order chi connectivity index (χ1) is 11.9. The lowest BCUT2D eigenvalue weighted by Crippen LogP contribution is -2.74. The van der Waals surface area contributed by atoms with Gasteiger partial charge in [-0.15, -0.1) is 0 Å². The number of fused-ring (bicyclic) bond motifs is 1. The van der Waals surface area contributed by atoms with Crippen molar-refractivity contribution in [2.24, 2.45) is 0 Å². The largest absolute Gasteiger partial charge is 0.543 e. The Bertz CT molecular complexity index is 795. The van der Waals surface area contributed by atoms with Gasteiger partial charge in [-0.05, 0) is 11.1 Å². The van der Waals surface area contributed by atoms with E-state index in [4.69, 9.17) is 0 Å². The van der Waals surface area contributed by atoms with Crippen molar-refractivity contribution in [3.8, 4) is 0 Å². The highest BCUT2D eigenvalue weighted by molar-refractivity contribution is 9.09. The molecule has 1 fully saturated rings. The predicted octanol–water partition coefficient (Wildman–Crippen LogP) is -0.957. The van der Waals surface area contributed by atoms with Crippen molar-refractivity contribution in [1.82, 2.24) is 10.2 Å². The Labute approximate surface area is 154 Å². The molecule has 1 unspecified atom stereocenters. The van der Waals surface area contributed by atoms with Crippen molar-refractivity contribution in [1.29, 1.82) is 0 Å². The number of rotatable bonds is 5. The Morgan fingerprint density at radius 3 is 2.60 bits per heavy atom. The fraction of sp³-hybridized carbons (Fsp3) is 0.312. The third-order valence-corrected chi connectivity index (χ3v) is 6.41. The van der Waals surface area contributed by atoms with Gasteiger partial charge in [0.15, 0.2) is 0 Å². The van der Waals surface area contributed by atoms with Gasteiger partial charge in [-0.2, -0.15) is 0 Å². The van der Waals surface area contributed by atoms with Gasteiger partial charge in [-0.25, -0.2) is 0 Å². The summed E-state index contributed by atoms with van der Waals surface area (Å²) in [6, 6.07) is 8.01. The van der Waals surface area contributed by atoms with Crippen LogP contribution in [0.3, 0.4) is 0 Å². The van der Waals surface area contributed by atoms with Crippen LogP contribution in [-0.4, -0.2) is 49.4 Å². The first-order valence-electron chi connectivity index (χ1n) is 7.47. The predicted molar refractivity (Wildman–Crippen MR) is 91.5 cm³/mol. The molecule has 1 saturated heterocycles. The van der Waals surface area contributed by atoms with Gasteiger partial charge in [0.05, 0.1) is 28.9 Å². The number of alkyl halides is 1. The molecule has 1 aromatic carbocycles. The van der Waals surface area contributed by atoms with Gasteiger partial charge in [0.2, 0.25) is 5.91 Å². The van der Waals surface area contributed by atoms with Crippen LogP contribution in [0.25, 0.3) is 0 Å². The fourth-order valence-corrected chi connectivity index (χ4v) is 5.36. The van der Waals surface area contributed by atoms with Crippen molar-refractivity contribution >= 4 is 44.5 Å². The topological polar surface area (TPSA) is 107 Å². The molecule has 0 saturated carbocycles. The third kappa shape index (κ3) is 3.25. The molecule has 1 aromatic rings. The zero-order valence-electron chi connectivity index (χ0n) is 12.9. The fourth-order valence-electron chi connectivity index (χ4n) is 2.95. The van der Waals surface area contributed by atoms with Crippen LogP contribution in [0.15, 0.2) is 41.6 Å². The molecule has 25 heavy (non-hydrogen) atoms. The number of hydrogen-bond donors (Lipinski definition) is 1. The van der Waals surface area contributed by atoms with E-state index in [9.17, 15) is 23.7 Å². The van der Waals surface area contributed by atoms with Gasteiger partial charge in [0.1, 0.15) is 11.4 Å². The number of β-lactam (4-membered cyclic amide) rings is 1. The maximum absolute atomic E-state index is 12.4. The minimum Gasteiger partial charge on any atom is -0.543 e. The highest BCUT2D eigenvalue weighted by Crippen LogP contribution is 2.35. The molecule has 2 amide bonds. The number of carboxylic acid groups (broad SMARTS) is 1. The smallest absolute Gasteiger partial charge is 0.253 e. The lowest BCUT2D eigenvalue weighted by Gasteiger charge is -2.50. The summed E-state index contributed by atoms with van der Waals surface area (Å²) in [7, 11) is -1.50.